The minimum absolute atomic E-state index is 0.984. The predicted octanol–water partition coefficient (Wildman–Crippen LogP) is 1.71. The van der Waals surface area contributed by atoms with Crippen LogP contribution in [0.1, 0.15) is 13.8 Å². The monoisotopic (exact) mass is 149 g/mol. The molecule has 0 unspecified atom stereocenters. The highest BCUT2D eigenvalue weighted by Gasteiger charge is 1.98. The van der Waals surface area contributed by atoms with Crippen molar-refractivity contribution in [2.75, 3.05) is 0 Å². The van der Waals surface area contributed by atoms with E-state index in [1.807, 2.05) is 19.9 Å². The summed E-state index contributed by atoms with van der Waals surface area (Å²) in [6.07, 6.45) is 5.40. The average Bonchev–Trinajstić information content (AvgIpc) is 2.40. The SMILES string of the molecule is C=C(C)/C(=C\C)n1ccnn1. The number of hydrogen-bond donors (Lipinski definition) is 0. The van der Waals surface area contributed by atoms with Crippen LogP contribution < -0.4 is 0 Å². The molecule has 0 aromatic carbocycles. The lowest BCUT2D eigenvalue weighted by Gasteiger charge is -2.03. The third-order valence-corrected chi connectivity index (χ3v) is 1.38. The molecule has 0 spiro atoms. The third-order valence-electron chi connectivity index (χ3n) is 1.38. The summed E-state index contributed by atoms with van der Waals surface area (Å²) in [4.78, 5) is 0. The van der Waals surface area contributed by atoms with Crippen LogP contribution in [0.15, 0.2) is 30.6 Å². The van der Waals surface area contributed by atoms with Crippen molar-refractivity contribution in [3.8, 4) is 0 Å². The molecule has 0 amide bonds. The van der Waals surface area contributed by atoms with Crippen molar-refractivity contribution in [2.45, 2.75) is 13.8 Å². The van der Waals surface area contributed by atoms with E-state index in [-0.39, 0.29) is 0 Å². The second-order valence-electron chi connectivity index (χ2n) is 2.30. The van der Waals surface area contributed by atoms with E-state index in [1.54, 1.807) is 17.1 Å². The molecule has 0 fully saturated rings. The van der Waals surface area contributed by atoms with Crippen LogP contribution in [0.4, 0.5) is 0 Å². The van der Waals surface area contributed by atoms with E-state index in [0.29, 0.717) is 0 Å². The molecule has 3 heteroatoms. The number of nitrogens with zero attached hydrogens (tertiary/aromatic N) is 3. The zero-order chi connectivity index (χ0) is 8.27. The highest BCUT2D eigenvalue weighted by molar-refractivity contribution is 5.60. The van der Waals surface area contributed by atoms with E-state index in [2.05, 4.69) is 16.9 Å². The molecule has 1 aromatic heterocycles. The van der Waals surface area contributed by atoms with Gasteiger partial charge in [0.05, 0.1) is 18.1 Å². The Hall–Kier alpha value is -1.38. The lowest BCUT2D eigenvalue weighted by atomic mass is 10.2. The van der Waals surface area contributed by atoms with Gasteiger partial charge in [-0.25, -0.2) is 4.68 Å². The number of hydrogen-bond acceptors (Lipinski definition) is 2. The maximum Gasteiger partial charge on any atom is 0.0697 e. The predicted molar refractivity (Wildman–Crippen MR) is 44.8 cm³/mol. The summed E-state index contributed by atoms with van der Waals surface area (Å²) in [6.45, 7) is 7.72. The van der Waals surface area contributed by atoms with Gasteiger partial charge in [0.15, 0.2) is 0 Å². The molecule has 3 nitrogen and oxygen atoms in total. The van der Waals surface area contributed by atoms with Gasteiger partial charge in [-0.15, -0.1) is 5.10 Å². The Morgan fingerprint density at radius 2 is 2.36 bits per heavy atom. The van der Waals surface area contributed by atoms with E-state index >= 15 is 0 Å². The van der Waals surface area contributed by atoms with Gasteiger partial charge < -0.3 is 0 Å². The van der Waals surface area contributed by atoms with Gasteiger partial charge in [-0.3, -0.25) is 0 Å². The highest BCUT2D eigenvalue weighted by atomic mass is 15.4. The van der Waals surface area contributed by atoms with Gasteiger partial charge in [-0.2, -0.15) is 0 Å². The first kappa shape index (κ1) is 7.72. The summed E-state index contributed by atoms with van der Waals surface area (Å²) in [7, 11) is 0. The molecule has 0 saturated carbocycles. The van der Waals surface area contributed by atoms with Crippen LogP contribution in [0.5, 0.6) is 0 Å². The zero-order valence-corrected chi connectivity index (χ0v) is 6.78. The first-order valence-electron chi connectivity index (χ1n) is 3.44. The van der Waals surface area contributed by atoms with Gasteiger partial charge in [0, 0.05) is 0 Å². The van der Waals surface area contributed by atoms with Crippen LogP contribution in [0.3, 0.4) is 0 Å². The standard InChI is InChI=1S/C8H11N3/c1-4-8(7(2)3)11-6-5-9-10-11/h4-6H,2H2,1,3H3/b8-4+. The Kier molecular flexibility index (Phi) is 2.21. The Bertz CT molecular complexity index is 270. The van der Waals surface area contributed by atoms with Crippen LogP contribution in [0.25, 0.3) is 5.70 Å². The van der Waals surface area contributed by atoms with Crippen LogP contribution in [-0.4, -0.2) is 15.0 Å². The van der Waals surface area contributed by atoms with Crippen molar-refractivity contribution >= 4 is 5.70 Å². The van der Waals surface area contributed by atoms with Crippen LogP contribution >= 0.6 is 0 Å². The normalized spacial score (nSPS) is 11.6. The van der Waals surface area contributed by atoms with Crippen molar-refractivity contribution in [3.05, 3.63) is 30.6 Å². The molecule has 0 N–H and O–H groups in total. The average molecular weight is 149 g/mol. The van der Waals surface area contributed by atoms with Gasteiger partial charge >= 0.3 is 0 Å². The lowest BCUT2D eigenvalue weighted by molar-refractivity contribution is 0.817. The molecule has 0 aliphatic rings. The van der Waals surface area contributed by atoms with E-state index in [4.69, 9.17) is 0 Å². The van der Waals surface area contributed by atoms with Gasteiger partial charge in [0.25, 0.3) is 0 Å². The Balaban J connectivity index is 2.99. The first-order valence-corrected chi connectivity index (χ1v) is 3.44. The maximum absolute atomic E-state index is 3.85. The van der Waals surface area contributed by atoms with E-state index in [1.165, 1.54) is 0 Å². The molecule has 0 radical (unpaired) electrons. The van der Waals surface area contributed by atoms with Crippen LogP contribution in [-0.2, 0) is 0 Å². The molecular formula is C8H11N3. The second kappa shape index (κ2) is 3.14. The second-order valence-corrected chi connectivity index (χ2v) is 2.30. The molecule has 0 aliphatic heterocycles. The minimum Gasteiger partial charge on any atom is -0.221 e. The van der Waals surface area contributed by atoms with Crippen LogP contribution in [0, 0.1) is 0 Å². The molecule has 1 aromatic rings. The molecular weight excluding hydrogens is 138 g/mol. The smallest absolute Gasteiger partial charge is 0.0697 e. The fourth-order valence-electron chi connectivity index (χ4n) is 0.911. The van der Waals surface area contributed by atoms with Gasteiger partial charge in [-0.1, -0.05) is 17.9 Å². The number of rotatable bonds is 2. The lowest BCUT2D eigenvalue weighted by Crippen LogP contribution is -1.98. The summed E-state index contributed by atoms with van der Waals surface area (Å²) in [5.74, 6) is 0. The van der Waals surface area contributed by atoms with E-state index < -0.39 is 0 Å². The largest absolute Gasteiger partial charge is 0.221 e. The molecule has 58 valence electrons. The van der Waals surface area contributed by atoms with Gasteiger partial charge in [0.1, 0.15) is 0 Å². The number of aromatic nitrogens is 3. The summed E-state index contributed by atoms with van der Waals surface area (Å²) in [5, 5.41) is 7.55. The molecule has 1 heterocycles. The molecule has 0 atom stereocenters. The fraction of sp³-hybridized carbons (Fsp3) is 0.250. The summed E-state index contributed by atoms with van der Waals surface area (Å²) in [5.41, 5.74) is 1.97. The summed E-state index contributed by atoms with van der Waals surface area (Å²) >= 11 is 0. The Morgan fingerprint density at radius 3 is 2.73 bits per heavy atom. The highest BCUT2D eigenvalue weighted by Crippen LogP contribution is 2.10. The van der Waals surface area contributed by atoms with Crippen LogP contribution in [0.2, 0.25) is 0 Å². The summed E-state index contributed by atoms with van der Waals surface area (Å²) < 4.78 is 1.70. The Labute approximate surface area is 66.0 Å². The van der Waals surface area contributed by atoms with Gasteiger partial charge in [-0.05, 0) is 19.4 Å². The number of allylic oxidation sites excluding steroid dienone is 3. The van der Waals surface area contributed by atoms with Crippen molar-refractivity contribution in [3.63, 3.8) is 0 Å². The minimum atomic E-state index is 0.984. The van der Waals surface area contributed by atoms with Gasteiger partial charge in [0.2, 0.25) is 0 Å². The molecule has 0 bridgehead atoms. The molecule has 0 saturated heterocycles. The molecule has 1 rings (SSSR count). The van der Waals surface area contributed by atoms with Crippen molar-refractivity contribution < 1.29 is 0 Å². The van der Waals surface area contributed by atoms with Crippen molar-refractivity contribution in [1.82, 2.24) is 15.0 Å². The topological polar surface area (TPSA) is 30.7 Å². The third kappa shape index (κ3) is 1.55. The van der Waals surface area contributed by atoms with Crippen molar-refractivity contribution in [1.29, 1.82) is 0 Å². The molecule has 11 heavy (non-hydrogen) atoms. The maximum atomic E-state index is 3.85. The zero-order valence-electron chi connectivity index (χ0n) is 6.78. The van der Waals surface area contributed by atoms with E-state index in [9.17, 15) is 0 Å². The van der Waals surface area contributed by atoms with Crippen molar-refractivity contribution in [2.24, 2.45) is 0 Å². The fourth-order valence-corrected chi connectivity index (χ4v) is 0.911. The first-order chi connectivity index (χ1) is 5.25. The Morgan fingerprint density at radius 1 is 1.64 bits per heavy atom. The quantitative estimate of drug-likeness (QED) is 0.599. The molecule has 0 aliphatic carbocycles. The van der Waals surface area contributed by atoms with E-state index in [0.717, 1.165) is 11.3 Å². The summed E-state index contributed by atoms with van der Waals surface area (Å²) in [6, 6.07) is 0.